The van der Waals surface area contributed by atoms with Gasteiger partial charge in [-0.1, -0.05) is 13.8 Å². The summed E-state index contributed by atoms with van der Waals surface area (Å²) in [6.45, 7) is 3.59. The van der Waals surface area contributed by atoms with E-state index < -0.39 is 32.1 Å². The summed E-state index contributed by atoms with van der Waals surface area (Å²) in [7, 11) is -3.57. The molecule has 0 atom stereocenters. The lowest BCUT2D eigenvalue weighted by Crippen LogP contribution is -2.45. The summed E-state index contributed by atoms with van der Waals surface area (Å²) < 4.78 is 22.4. The zero-order valence-corrected chi connectivity index (χ0v) is 9.35. The number of carbonyl (C=O) groups excluding carboxylic acids is 2. The molecule has 0 amide bonds. The van der Waals surface area contributed by atoms with Gasteiger partial charge in [0.2, 0.25) is 0 Å². The van der Waals surface area contributed by atoms with Crippen molar-refractivity contribution < 1.29 is 18.0 Å². The molecule has 14 heavy (non-hydrogen) atoms. The van der Waals surface area contributed by atoms with E-state index >= 15 is 0 Å². The maximum absolute atomic E-state index is 11.5. The van der Waals surface area contributed by atoms with Gasteiger partial charge in [-0.15, -0.1) is 0 Å². The molecule has 0 aromatic carbocycles. The quantitative estimate of drug-likeness (QED) is 0.596. The van der Waals surface area contributed by atoms with Crippen LogP contribution in [-0.4, -0.2) is 31.5 Å². The largest absolute Gasteiger partial charge is 0.298 e. The van der Waals surface area contributed by atoms with E-state index in [0.717, 1.165) is 6.26 Å². The summed E-state index contributed by atoms with van der Waals surface area (Å²) in [6.07, 6.45) is 1.26. The number of rotatable bonds is 1. The van der Waals surface area contributed by atoms with Gasteiger partial charge in [0.1, 0.15) is 0 Å². The number of hydrogen-bond donors (Lipinski definition) is 0. The minimum absolute atomic E-state index is 0.163. The van der Waals surface area contributed by atoms with Gasteiger partial charge in [0, 0.05) is 19.1 Å². The summed E-state index contributed by atoms with van der Waals surface area (Å²) in [4.78, 5) is 22.9. The average molecular weight is 218 g/mol. The molecule has 1 rings (SSSR count). The minimum atomic E-state index is -3.57. The molecule has 0 unspecified atom stereocenters. The summed E-state index contributed by atoms with van der Waals surface area (Å²) in [5, 5.41) is -1.41. The van der Waals surface area contributed by atoms with Crippen molar-refractivity contribution in [3.05, 3.63) is 0 Å². The summed E-state index contributed by atoms with van der Waals surface area (Å²) >= 11 is 0. The molecule has 4 nitrogen and oxygen atoms in total. The molecule has 1 aliphatic rings. The maximum atomic E-state index is 11.5. The number of Topliss-reactive ketones (excluding diaryl/α,β-unsaturated/α-hetero) is 2. The summed E-state index contributed by atoms with van der Waals surface area (Å²) in [5.74, 6) is -0.928. The van der Waals surface area contributed by atoms with Gasteiger partial charge in [-0.2, -0.15) is 0 Å². The van der Waals surface area contributed by atoms with Crippen molar-refractivity contribution in [2.24, 2.45) is 5.41 Å². The van der Waals surface area contributed by atoms with Crippen LogP contribution < -0.4 is 0 Å². The zero-order chi connectivity index (χ0) is 11.1. The van der Waals surface area contributed by atoms with E-state index in [1.165, 1.54) is 0 Å². The first-order valence-corrected chi connectivity index (χ1v) is 6.33. The van der Waals surface area contributed by atoms with Crippen molar-refractivity contribution in [2.45, 2.75) is 31.9 Å². The number of hydrogen-bond acceptors (Lipinski definition) is 4. The van der Waals surface area contributed by atoms with E-state index in [1.807, 2.05) is 0 Å². The van der Waals surface area contributed by atoms with Crippen LogP contribution in [0.15, 0.2) is 0 Å². The standard InChI is InChI=1S/C9H14O4S/c1-9(2)4-6(10)8(7(11)5-9)14(3,12)13/h8H,4-5H2,1-3H3. The van der Waals surface area contributed by atoms with Crippen molar-refractivity contribution in [3.63, 3.8) is 0 Å². The maximum Gasteiger partial charge on any atom is 0.177 e. The lowest BCUT2D eigenvalue weighted by Gasteiger charge is -2.30. The Bertz CT molecular complexity index is 358. The first-order valence-electron chi connectivity index (χ1n) is 4.38. The lowest BCUT2D eigenvalue weighted by molar-refractivity contribution is -0.132. The van der Waals surface area contributed by atoms with Gasteiger partial charge < -0.3 is 0 Å². The van der Waals surface area contributed by atoms with Crippen LogP contribution in [0.25, 0.3) is 0 Å². The third-order valence-electron chi connectivity index (χ3n) is 2.32. The van der Waals surface area contributed by atoms with Crippen LogP contribution in [0, 0.1) is 5.41 Å². The monoisotopic (exact) mass is 218 g/mol. The molecule has 0 spiro atoms. The van der Waals surface area contributed by atoms with Gasteiger partial charge in [-0.25, -0.2) is 8.42 Å². The van der Waals surface area contributed by atoms with Crippen LogP contribution in [0.5, 0.6) is 0 Å². The second-order valence-corrected chi connectivity index (χ2v) is 6.79. The fraction of sp³-hybridized carbons (Fsp3) is 0.778. The number of ketones is 2. The van der Waals surface area contributed by atoms with Crippen molar-refractivity contribution >= 4 is 21.4 Å². The molecule has 0 aromatic heterocycles. The van der Waals surface area contributed by atoms with E-state index in [4.69, 9.17) is 0 Å². The molecule has 0 saturated heterocycles. The highest BCUT2D eigenvalue weighted by atomic mass is 32.2. The second-order valence-electron chi connectivity index (χ2n) is 4.66. The number of sulfone groups is 1. The molecule has 1 saturated carbocycles. The molecule has 80 valence electrons. The Balaban J connectivity index is 3.05. The van der Waals surface area contributed by atoms with Crippen LogP contribution in [0.3, 0.4) is 0 Å². The van der Waals surface area contributed by atoms with E-state index in [0.29, 0.717) is 0 Å². The fourth-order valence-corrected chi connectivity index (χ4v) is 2.97. The van der Waals surface area contributed by atoms with Crippen molar-refractivity contribution in [1.29, 1.82) is 0 Å². The van der Waals surface area contributed by atoms with E-state index in [-0.39, 0.29) is 12.8 Å². The molecular formula is C9H14O4S. The van der Waals surface area contributed by atoms with Crippen molar-refractivity contribution in [2.75, 3.05) is 6.26 Å². The Morgan fingerprint density at radius 3 is 1.79 bits per heavy atom. The Labute approximate surface area is 83.6 Å². The van der Waals surface area contributed by atoms with Gasteiger partial charge in [0.05, 0.1) is 0 Å². The first-order chi connectivity index (χ1) is 6.13. The topological polar surface area (TPSA) is 68.3 Å². The van der Waals surface area contributed by atoms with E-state index in [2.05, 4.69) is 0 Å². The number of carbonyl (C=O) groups is 2. The Hall–Kier alpha value is -0.710. The second kappa shape index (κ2) is 3.15. The minimum Gasteiger partial charge on any atom is -0.298 e. The van der Waals surface area contributed by atoms with Gasteiger partial charge in [-0.3, -0.25) is 9.59 Å². The zero-order valence-electron chi connectivity index (χ0n) is 8.53. The predicted octanol–water partition coefficient (Wildman–Crippen LogP) is 0.358. The van der Waals surface area contributed by atoms with Crippen LogP contribution in [0.1, 0.15) is 26.7 Å². The molecule has 0 radical (unpaired) electrons. The highest BCUT2D eigenvalue weighted by Gasteiger charge is 2.44. The van der Waals surface area contributed by atoms with Gasteiger partial charge in [0.25, 0.3) is 0 Å². The Kier molecular flexibility index (Phi) is 2.56. The van der Waals surface area contributed by atoms with Gasteiger partial charge in [-0.05, 0) is 5.41 Å². The molecule has 0 N–H and O–H groups in total. The SMILES string of the molecule is CC1(C)CC(=O)C(S(C)(=O)=O)C(=O)C1. The van der Waals surface area contributed by atoms with Crippen LogP contribution in [0.4, 0.5) is 0 Å². The predicted molar refractivity (Wildman–Crippen MR) is 51.7 cm³/mol. The van der Waals surface area contributed by atoms with Crippen LogP contribution in [-0.2, 0) is 19.4 Å². The van der Waals surface area contributed by atoms with Crippen LogP contribution in [0.2, 0.25) is 0 Å². The highest BCUT2D eigenvalue weighted by molar-refractivity contribution is 7.92. The van der Waals surface area contributed by atoms with E-state index in [9.17, 15) is 18.0 Å². The molecule has 0 aromatic rings. The Morgan fingerprint density at radius 2 is 1.50 bits per heavy atom. The molecule has 5 heteroatoms. The first kappa shape index (κ1) is 11.4. The van der Waals surface area contributed by atoms with Crippen molar-refractivity contribution in [1.82, 2.24) is 0 Å². The van der Waals surface area contributed by atoms with E-state index in [1.54, 1.807) is 13.8 Å². The third kappa shape index (κ3) is 2.20. The molecule has 1 aliphatic carbocycles. The average Bonchev–Trinajstić information content (AvgIpc) is 1.75. The molecular weight excluding hydrogens is 204 g/mol. The van der Waals surface area contributed by atoms with Gasteiger partial charge in [0.15, 0.2) is 26.7 Å². The highest BCUT2D eigenvalue weighted by Crippen LogP contribution is 2.33. The Morgan fingerprint density at radius 1 is 1.14 bits per heavy atom. The summed E-state index contributed by atoms with van der Waals surface area (Å²) in [5.41, 5.74) is -0.393. The summed E-state index contributed by atoms with van der Waals surface area (Å²) in [6, 6.07) is 0. The van der Waals surface area contributed by atoms with Gasteiger partial charge >= 0.3 is 0 Å². The third-order valence-corrected chi connectivity index (χ3v) is 3.70. The lowest BCUT2D eigenvalue weighted by atomic mass is 9.76. The van der Waals surface area contributed by atoms with Crippen molar-refractivity contribution in [3.8, 4) is 0 Å². The molecule has 0 heterocycles. The normalized spacial score (nSPS) is 23.9. The smallest absolute Gasteiger partial charge is 0.177 e. The molecule has 0 aliphatic heterocycles. The molecule has 1 fully saturated rings. The fourth-order valence-electron chi connectivity index (χ4n) is 1.85. The van der Waals surface area contributed by atoms with Crippen LogP contribution >= 0.6 is 0 Å². The molecule has 0 bridgehead atoms.